The Morgan fingerprint density at radius 1 is 0.345 bits per heavy atom. The average molecular weight is 820 g/mol. The van der Waals surface area contributed by atoms with E-state index < -0.39 is 12.1 Å². The normalized spacial score (nSPS) is 12.7. The van der Waals surface area contributed by atoms with Gasteiger partial charge in [-0.3, -0.25) is 4.79 Å². The van der Waals surface area contributed by atoms with Crippen LogP contribution < -0.4 is 5.32 Å². The van der Waals surface area contributed by atoms with Crippen molar-refractivity contribution in [2.45, 2.75) is 334 Å². The third kappa shape index (κ3) is 46.5. The van der Waals surface area contributed by atoms with E-state index in [0.29, 0.717) is 12.8 Å². The summed E-state index contributed by atoms with van der Waals surface area (Å²) in [5.74, 6) is -0.0225. The summed E-state index contributed by atoms with van der Waals surface area (Å²) in [4.78, 5) is 12.5. The molecule has 0 aromatic rings. The summed E-state index contributed by atoms with van der Waals surface area (Å²) < 4.78 is 0. The van der Waals surface area contributed by atoms with Crippen LogP contribution in [0.4, 0.5) is 0 Å². The monoisotopic (exact) mass is 820 g/mol. The van der Waals surface area contributed by atoms with Gasteiger partial charge >= 0.3 is 0 Å². The summed E-state index contributed by atoms with van der Waals surface area (Å²) in [7, 11) is 0. The molecule has 58 heavy (non-hydrogen) atoms. The van der Waals surface area contributed by atoms with Gasteiger partial charge in [0.1, 0.15) is 0 Å². The highest BCUT2D eigenvalue weighted by Crippen LogP contribution is 2.18. The van der Waals surface area contributed by atoms with Gasteiger partial charge < -0.3 is 15.5 Å². The fourth-order valence-corrected chi connectivity index (χ4v) is 8.95. The van der Waals surface area contributed by atoms with Crippen LogP contribution in [0.1, 0.15) is 322 Å². The molecule has 0 aromatic carbocycles. The van der Waals surface area contributed by atoms with Crippen molar-refractivity contribution in [3.05, 3.63) is 0 Å². The van der Waals surface area contributed by atoms with Crippen LogP contribution in [0.5, 0.6) is 0 Å². The Balaban J connectivity index is 3.39. The third-order valence-electron chi connectivity index (χ3n) is 13.1. The van der Waals surface area contributed by atoms with Gasteiger partial charge in [0.25, 0.3) is 0 Å². The number of nitrogens with one attached hydrogen (secondary N) is 1. The summed E-state index contributed by atoms with van der Waals surface area (Å²) in [6.45, 7) is 4.40. The van der Waals surface area contributed by atoms with Crippen molar-refractivity contribution in [1.29, 1.82) is 0 Å². The lowest BCUT2D eigenvalue weighted by Crippen LogP contribution is -2.45. The molecule has 2 unspecified atom stereocenters. The summed E-state index contributed by atoms with van der Waals surface area (Å²) in [5.41, 5.74) is 0. The second kappa shape index (κ2) is 50.7. The van der Waals surface area contributed by atoms with Gasteiger partial charge in [-0.15, -0.1) is 0 Å². The molecule has 0 heterocycles. The molecule has 0 aromatic heterocycles. The second-order valence-electron chi connectivity index (χ2n) is 19.0. The Bertz CT molecular complexity index is 759. The standard InChI is InChI=1S/C54H109NO3/c1-3-5-7-9-11-13-15-17-19-21-23-24-25-26-27-28-29-30-31-32-34-36-38-40-42-44-46-48-50-54(58)55-52(51-56)53(57)49-47-45-43-41-39-37-35-33-22-20-18-16-14-12-10-8-6-4-2/h52-53,56-57H,3-51H2,1-2H3,(H,55,58). The van der Waals surface area contributed by atoms with Crippen molar-refractivity contribution in [2.75, 3.05) is 6.61 Å². The van der Waals surface area contributed by atoms with Gasteiger partial charge in [0, 0.05) is 6.42 Å². The summed E-state index contributed by atoms with van der Waals surface area (Å²) in [5, 5.41) is 23.3. The minimum atomic E-state index is -0.654. The third-order valence-corrected chi connectivity index (χ3v) is 13.1. The van der Waals surface area contributed by atoms with E-state index in [4.69, 9.17) is 0 Å². The molecule has 0 saturated carbocycles. The highest BCUT2D eigenvalue weighted by Gasteiger charge is 2.20. The minimum Gasteiger partial charge on any atom is -0.394 e. The number of hydrogen-bond acceptors (Lipinski definition) is 3. The summed E-state index contributed by atoms with van der Waals surface area (Å²) in [6, 6.07) is -0.530. The molecule has 4 nitrogen and oxygen atoms in total. The molecule has 0 rings (SSSR count). The maximum atomic E-state index is 12.5. The first kappa shape index (κ1) is 57.4. The Morgan fingerprint density at radius 2 is 0.552 bits per heavy atom. The molecule has 3 N–H and O–H groups in total. The lowest BCUT2D eigenvalue weighted by atomic mass is 10.0. The van der Waals surface area contributed by atoms with Crippen molar-refractivity contribution in [3.63, 3.8) is 0 Å². The average Bonchev–Trinajstić information content (AvgIpc) is 3.23. The molecule has 2 atom stereocenters. The number of hydrogen-bond donors (Lipinski definition) is 3. The molecule has 4 heteroatoms. The van der Waals surface area contributed by atoms with Crippen molar-refractivity contribution in [1.82, 2.24) is 5.32 Å². The second-order valence-corrected chi connectivity index (χ2v) is 19.0. The van der Waals surface area contributed by atoms with E-state index in [2.05, 4.69) is 19.2 Å². The van der Waals surface area contributed by atoms with Gasteiger partial charge in [-0.05, 0) is 12.8 Å². The Kier molecular flexibility index (Phi) is 50.2. The van der Waals surface area contributed by atoms with E-state index in [1.807, 2.05) is 0 Å². The van der Waals surface area contributed by atoms with Crippen molar-refractivity contribution < 1.29 is 15.0 Å². The number of carbonyl (C=O) groups excluding carboxylic acids is 1. The number of carbonyl (C=O) groups is 1. The van der Waals surface area contributed by atoms with E-state index in [0.717, 1.165) is 25.7 Å². The highest BCUT2D eigenvalue weighted by atomic mass is 16.3. The Hall–Kier alpha value is -0.610. The molecule has 0 aliphatic carbocycles. The van der Waals surface area contributed by atoms with Gasteiger partial charge in [-0.25, -0.2) is 0 Å². The fourth-order valence-electron chi connectivity index (χ4n) is 8.95. The van der Waals surface area contributed by atoms with Gasteiger partial charge in [-0.1, -0.05) is 303 Å². The van der Waals surface area contributed by atoms with Crippen LogP contribution in [-0.4, -0.2) is 34.9 Å². The van der Waals surface area contributed by atoms with Gasteiger partial charge in [-0.2, -0.15) is 0 Å². The lowest BCUT2D eigenvalue weighted by Gasteiger charge is -2.22. The van der Waals surface area contributed by atoms with Crippen molar-refractivity contribution >= 4 is 5.91 Å². The largest absolute Gasteiger partial charge is 0.394 e. The van der Waals surface area contributed by atoms with Crippen LogP contribution in [0.25, 0.3) is 0 Å². The maximum absolute atomic E-state index is 12.5. The summed E-state index contributed by atoms with van der Waals surface area (Å²) in [6.07, 6.45) is 63.7. The summed E-state index contributed by atoms with van der Waals surface area (Å²) >= 11 is 0. The number of aliphatic hydroxyl groups is 2. The van der Waals surface area contributed by atoms with E-state index in [9.17, 15) is 15.0 Å². The molecular weight excluding hydrogens is 711 g/mol. The fraction of sp³-hybridized carbons (Fsp3) is 0.981. The molecule has 0 radical (unpaired) electrons. The van der Waals surface area contributed by atoms with Crippen LogP contribution >= 0.6 is 0 Å². The number of rotatable bonds is 51. The molecule has 1 amide bonds. The molecule has 0 aliphatic heterocycles. The van der Waals surface area contributed by atoms with Gasteiger partial charge in [0.05, 0.1) is 18.8 Å². The zero-order chi connectivity index (χ0) is 42.1. The van der Waals surface area contributed by atoms with Crippen LogP contribution in [0.3, 0.4) is 0 Å². The zero-order valence-electron chi connectivity index (χ0n) is 40.1. The van der Waals surface area contributed by atoms with Crippen molar-refractivity contribution in [3.8, 4) is 0 Å². The Morgan fingerprint density at radius 3 is 0.776 bits per heavy atom. The van der Waals surface area contributed by atoms with E-state index in [-0.39, 0.29) is 12.5 Å². The minimum absolute atomic E-state index is 0.0225. The first-order chi connectivity index (χ1) is 28.7. The number of unbranched alkanes of at least 4 members (excludes halogenated alkanes) is 44. The molecule has 0 aliphatic rings. The van der Waals surface area contributed by atoms with Crippen LogP contribution in [-0.2, 0) is 4.79 Å². The van der Waals surface area contributed by atoms with Crippen LogP contribution in [0, 0.1) is 0 Å². The predicted octanol–water partition coefficient (Wildman–Crippen LogP) is 17.6. The molecule has 0 bridgehead atoms. The van der Waals surface area contributed by atoms with E-state index in [1.165, 1.54) is 270 Å². The molecular formula is C54H109NO3. The highest BCUT2D eigenvalue weighted by molar-refractivity contribution is 5.76. The molecule has 0 saturated heterocycles. The lowest BCUT2D eigenvalue weighted by molar-refractivity contribution is -0.123. The van der Waals surface area contributed by atoms with Gasteiger partial charge in [0.15, 0.2) is 0 Å². The van der Waals surface area contributed by atoms with Gasteiger partial charge in [0.2, 0.25) is 5.91 Å². The van der Waals surface area contributed by atoms with E-state index >= 15 is 0 Å². The molecule has 0 spiro atoms. The van der Waals surface area contributed by atoms with Crippen LogP contribution in [0.15, 0.2) is 0 Å². The predicted molar refractivity (Wildman–Crippen MR) is 258 cm³/mol. The zero-order valence-corrected chi connectivity index (χ0v) is 40.1. The smallest absolute Gasteiger partial charge is 0.220 e. The topological polar surface area (TPSA) is 69.6 Å². The van der Waals surface area contributed by atoms with E-state index in [1.54, 1.807) is 0 Å². The molecule has 348 valence electrons. The maximum Gasteiger partial charge on any atom is 0.220 e. The van der Waals surface area contributed by atoms with Crippen LogP contribution in [0.2, 0.25) is 0 Å². The quantitative estimate of drug-likeness (QED) is 0.0536. The molecule has 0 fully saturated rings. The Labute approximate surface area is 365 Å². The first-order valence-corrected chi connectivity index (χ1v) is 27.2. The number of amides is 1. The van der Waals surface area contributed by atoms with Crippen molar-refractivity contribution in [2.24, 2.45) is 0 Å². The number of aliphatic hydroxyl groups excluding tert-OH is 2. The SMILES string of the molecule is CCCCCCCCCCCCCCCCCCCCCCCCCCCCCCC(=O)NC(CO)C(O)CCCCCCCCCCCCCCCCCCCC. The first-order valence-electron chi connectivity index (χ1n) is 27.2.